The van der Waals surface area contributed by atoms with E-state index in [-0.39, 0.29) is 0 Å². The third-order valence-corrected chi connectivity index (χ3v) is 4.06. The van der Waals surface area contributed by atoms with Gasteiger partial charge in [-0.3, -0.25) is 4.98 Å². The first-order chi connectivity index (χ1) is 8.72. The molecule has 0 bridgehead atoms. The molecule has 0 aliphatic rings. The first-order valence-corrected chi connectivity index (χ1v) is 7.24. The van der Waals surface area contributed by atoms with Gasteiger partial charge in [0.05, 0.1) is 18.2 Å². The minimum absolute atomic E-state index is 0.645. The van der Waals surface area contributed by atoms with Gasteiger partial charge in [-0.1, -0.05) is 6.92 Å². The molecule has 0 aliphatic heterocycles. The van der Waals surface area contributed by atoms with Crippen LogP contribution in [-0.4, -0.2) is 26.0 Å². The summed E-state index contributed by atoms with van der Waals surface area (Å²) in [7, 11) is 0. The van der Waals surface area contributed by atoms with Crippen molar-refractivity contribution in [3.63, 3.8) is 0 Å². The Morgan fingerprint density at radius 1 is 1.39 bits per heavy atom. The van der Waals surface area contributed by atoms with Crippen LogP contribution in [0.2, 0.25) is 0 Å². The van der Waals surface area contributed by atoms with E-state index in [9.17, 15) is 0 Å². The summed E-state index contributed by atoms with van der Waals surface area (Å²) in [5, 5.41) is 0.645. The highest BCUT2D eigenvalue weighted by molar-refractivity contribution is 7.99. The molecule has 18 heavy (non-hydrogen) atoms. The van der Waals surface area contributed by atoms with Gasteiger partial charge < -0.3 is 10.3 Å². The highest BCUT2D eigenvalue weighted by Crippen LogP contribution is 2.24. The third kappa shape index (κ3) is 2.85. The highest BCUT2D eigenvalue weighted by atomic mass is 32.2. The second kappa shape index (κ2) is 5.91. The van der Waals surface area contributed by atoms with E-state index in [0.29, 0.717) is 5.25 Å². The van der Waals surface area contributed by atoms with Crippen LogP contribution in [0.5, 0.6) is 0 Å². The number of nitrogens with two attached hydrogens (primary N) is 1. The normalized spacial score (nSPS) is 12.6. The second-order valence-corrected chi connectivity index (χ2v) is 5.55. The summed E-state index contributed by atoms with van der Waals surface area (Å²) < 4.78 is 2.14. The summed E-state index contributed by atoms with van der Waals surface area (Å²) in [6.07, 6.45) is 10.4. The molecule has 0 radical (unpaired) electrons. The van der Waals surface area contributed by atoms with Crippen LogP contribution in [0.25, 0.3) is 11.3 Å². The summed E-state index contributed by atoms with van der Waals surface area (Å²) >= 11 is 1.88. The van der Waals surface area contributed by atoms with E-state index in [1.807, 2.05) is 30.4 Å². The van der Waals surface area contributed by atoms with Crippen LogP contribution in [0.4, 0.5) is 5.69 Å². The Hall–Kier alpha value is -1.49. The fourth-order valence-corrected chi connectivity index (χ4v) is 2.12. The molecule has 2 rings (SSSR count). The van der Waals surface area contributed by atoms with E-state index in [1.165, 1.54) is 0 Å². The van der Waals surface area contributed by atoms with Crippen LogP contribution in [-0.2, 0) is 6.54 Å². The van der Waals surface area contributed by atoms with E-state index in [4.69, 9.17) is 5.73 Å². The molecule has 0 saturated carbocycles. The topological polar surface area (TPSA) is 56.7 Å². The molecule has 2 aromatic rings. The van der Waals surface area contributed by atoms with E-state index in [2.05, 4.69) is 27.7 Å². The van der Waals surface area contributed by atoms with Gasteiger partial charge in [0, 0.05) is 35.4 Å². The number of thioether (sulfide) groups is 1. The number of imidazole rings is 1. The lowest BCUT2D eigenvalue weighted by atomic mass is 10.2. The molecule has 1 unspecified atom stereocenters. The van der Waals surface area contributed by atoms with Gasteiger partial charge in [-0.2, -0.15) is 11.8 Å². The molecule has 4 nitrogen and oxygen atoms in total. The summed E-state index contributed by atoms with van der Waals surface area (Å²) in [6, 6.07) is 1.82. The highest BCUT2D eigenvalue weighted by Gasteiger charge is 2.09. The fourth-order valence-electron chi connectivity index (χ4n) is 1.78. The first-order valence-electron chi connectivity index (χ1n) is 5.95. The summed E-state index contributed by atoms with van der Waals surface area (Å²) in [5.41, 5.74) is 8.70. The van der Waals surface area contributed by atoms with Crippen molar-refractivity contribution in [2.24, 2.45) is 0 Å². The average Bonchev–Trinajstić information content (AvgIpc) is 2.84. The molecule has 0 spiro atoms. The summed E-state index contributed by atoms with van der Waals surface area (Å²) in [6.45, 7) is 3.19. The van der Waals surface area contributed by atoms with E-state index >= 15 is 0 Å². The third-order valence-electron chi connectivity index (χ3n) is 3.02. The predicted molar refractivity (Wildman–Crippen MR) is 77.5 cm³/mol. The van der Waals surface area contributed by atoms with Crippen LogP contribution < -0.4 is 5.73 Å². The molecular weight excluding hydrogens is 244 g/mol. The van der Waals surface area contributed by atoms with Crippen molar-refractivity contribution in [2.45, 2.75) is 25.1 Å². The van der Waals surface area contributed by atoms with Crippen molar-refractivity contribution in [1.29, 1.82) is 0 Å². The number of rotatable bonds is 5. The molecule has 0 aromatic carbocycles. The van der Waals surface area contributed by atoms with Crippen molar-refractivity contribution in [1.82, 2.24) is 14.5 Å². The maximum Gasteiger partial charge on any atom is 0.0950 e. The zero-order valence-electron chi connectivity index (χ0n) is 10.7. The number of anilines is 1. The van der Waals surface area contributed by atoms with Gasteiger partial charge in [0.15, 0.2) is 0 Å². The lowest BCUT2D eigenvalue weighted by Crippen LogP contribution is -2.05. The summed E-state index contributed by atoms with van der Waals surface area (Å²) in [5.74, 6) is 0. The molecule has 2 N–H and O–H groups in total. The van der Waals surface area contributed by atoms with Crippen molar-refractivity contribution < 1.29 is 0 Å². The zero-order chi connectivity index (χ0) is 13.0. The smallest absolute Gasteiger partial charge is 0.0950 e. The number of nitrogen functional groups attached to an aromatic ring is 1. The van der Waals surface area contributed by atoms with Crippen LogP contribution in [0.15, 0.2) is 31.0 Å². The predicted octanol–water partition coefficient (Wildman–Crippen LogP) is 2.67. The number of nitrogens with zero attached hydrogens (tertiary/aromatic N) is 3. The summed E-state index contributed by atoms with van der Waals surface area (Å²) in [4.78, 5) is 8.34. The second-order valence-electron chi connectivity index (χ2n) is 4.27. The number of hydrogen-bond donors (Lipinski definition) is 1. The SMILES string of the molecule is CSC(C)CCn1cncc1-c1cnccc1N. The average molecular weight is 262 g/mol. The minimum Gasteiger partial charge on any atom is -0.398 e. The van der Waals surface area contributed by atoms with Crippen molar-refractivity contribution in [2.75, 3.05) is 12.0 Å². The van der Waals surface area contributed by atoms with E-state index in [0.717, 1.165) is 29.9 Å². The van der Waals surface area contributed by atoms with Crippen molar-refractivity contribution >= 4 is 17.4 Å². The Balaban J connectivity index is 2.20. The van der Waals surface area contributed by atoms with Gasteiger partial charge in [-0.05, 0) is 18.7 Å². The molecule has 0 amide bonds. The molecule has 5 heteroatoms. The van der Waals surface area contributed by atoms with Gasteiger partial charge in [0.1, 0.15) is 0 Å². The molecule has 0 aliphatic carbocycles. The Kier molecular flexibility index (Phi) is 4.25. The fraction of sp³-hybridized carbons (Fsp3) is 0.385. The van der Waals surface area contributed by atoms with Crippen LogP contribution in [0.1, 0.15) is 13.3 Å². The molecular formula is C13H18N4S. The molecule has 96 valence electrons. The van der Waals surface area contributed by atoms with Gasteiger partial charge in [0.2, 0.25) is 0 Å². The van der Waals surface area contributed by atoms with Gasteiger partial charge in [-0.25, -0.2) is 4.98 Å². The Morgan fingerprint density at radius 2 is 2.22 bits per heavy atom. The lowest BCUT2D eigenvalue weighted by molar-refractivity contribution is 0.645. The van der Waals surface area contributed by atoms with Gasteiger partial charge >= 0.3 is 0 Å². The minimum atomic E-state index is 0.645. The molecule has 0 saturated heterocycles. The molecule has 1 atom stereocenters. The van der Waals surface area contributed by atoms with Crippen molar-refractivity contribution in [3.05, 3.63) is 31.0 Å². The van der Waals surface area contributed by atoms with Crippen LogP contribution in [0, 0.1) is 0 Å². The van der Waals surface area contributed by atoms with Gasteiger partial charge in [0.25, 0.3) is 0 Å². The van der Waals surface area contributed by atoms with E-state index in [1.54, 1.807) is 12.4 Å². The Labute approximate surface area is 112 Å². The quantitative estimate of drug-likeness (QED) is 0.900. The number of aromatic nitrogens is 3. The number of aryl methyl sites for hydroxylation is 1. The maximum atomic E-state index is 5.98. The monoisotopic (exact) mass is 262 g/mol. The lowest BCUT2D eigenvalue weighted by Gasteiger charge is -2.12. The Bertz CT molecular complexity index is 509. The van der Waals surface area contributed by atoms with Gasteiger partial charge in [-0.15, -0.1) is 0 Å². The molecule has 2 heterocycles. The van der Waals surface area contributed by atoms with Crippen molar-refractivity contribution in [3.8, 4) is 11.3 Å². The molecule has 0 fully saturated rings. The maximum absolute atomic E-state index is 5.98. The number of pyridine rings is 1. The number of hydrogen-bond acceptors (Lipinski definition) is 4. The largest absolute Gasteiger partial charge is 0.398 e. The zero-order valence-corrected chi connectivity index (χ0v) is 11.5. The van der Waals surface area contributed by atoms with E-state index < -0.39 is 0 Å². The molecule has 2 aromatic heterocycles. The van der Waals surface area contributed by atoms with Crippen LogP contribution in [0.3, 0.4) is 0 Å². The van der Waals surface area contributed by atoms with Crippen LogP contribution >= 0.6 is 11.8 Å². The Morgan fingerprint density at radius 3 is 2.94 bits per heavy atom. The first kappa shape index (κ1) is 13.0. The standard InChI is InChI=1S/C13H18N4S/c1-10(18-2)4-6-17-9-16-8-13(17)11-7-15-5-3-12(11)14/h3,5,7-10H,4,6H2,1-2H3,(H2,14,15).